The number of fused-ring (bicyclic) bond motifs is 1. The summed E-state index contributed by atoms with van der Waals surface area (Å²) < 4.78 is 0. The Hall–Kier alpha value is 0.0839. The molecule has 12 heavy (non-hydrogen) atoms. The topological polar surface area (TPSA) is 12.9 Å². The van der Waals surface area contributed by atoms with Crippen molar-refractivity contribution in [3.63, 3.8) is 0 Å². The number of hydrogen-bond acceptors (Lipinski definition) is 2. The minimum Gasteiger partial charge on any atom is -0.351 e. The largest absolute Gasteiger partial charge is 0.351 e. The molecule has 0 saturated heterocycles. The molecule has 0 aliphatic carbocycles. The van der Waals surface area contributed by atoms with E-state index in [0.717, 1.165) is 15.8 Å². The summed E-state index contributed by atoms with van der Waals surface area (Å²) in [6.45, 7) is 0. The summed E-state index contributed by atoms with van der Waals surface area (Å²) in [6.07, 6.45) is 1.70. The molecule has 57 valence electrons. The van der Waals surface area contributed by atoms with Gasteiger partial charge in [-0.3, -0.25) is 0 Å². The van der Waals surface area contributed by atoms with Crippen LogP contribution in [0.15, 0.2) is 35.4 Å². The molecule has 0 bridgehead atoms. The van der Waals surface area contributed by atoms with E-state index in [9.17, 15) is 0 Å². The summed E-state index contributed by atoms with van der Waals surface area (Å²) >= 11 is 4.14. The van der Waals surface area contributed by atoms with Gasteiger partial charge in [0.15, 0.2) is 0 Å². The van der Waals surface area contributed by atoms with Crippen molar-refractivity contribution in [1.29, 1.82) is 0 Å². The molecule has 1 aromatic carbocycles. The molecule has 0 spiro atoms. The Balaban J connectivity index is 0.000000720. The molecule has 0 saturated carbocycles. The molecular weight excluding hydrogens is 243 g/mol. The molecular formula is C9H6NSY-. The minimum absolute atomic E-state index is 0. The maximum absolute atomic E-state index is 4.17. The van der Waals surface area contributed by atoms with Crippen LogP contribution in [0.25, 0.3) is 10.9 Å². The van der Waals surface area contributed by atoms with Crippen molar-refractivity contribution >= 4 is 23.5 Å². The first-order valence-corrected chi connectivity index (χ1v) is 3.77. The number of rotatable bonds is 0. The summed E-state index contributed by atoms with van der Waals surface area (Å²) in [5.41, 5.74) is 0.963. The first-order chi connectivity index (χ1) is 5.36. The maximum atomic E-state index is 4.17. The van der Waals surface area contributed by atoms with Crippen LogP contribution in [-0.4, -0.2) is 4.98 Å². The molecule has 0 fully saturated rings. The molecule has 0 aliphatic rings. The maximum Gasteiger partial charge on any atom is 0 e. The SMILES string of the molecule is Sc1[c-]c2ccccc2nc1.[Y]. The van der Waals surface area contributed by atoms with Crippen molar-refractivity contribution in [2.24, 2.45) is 0 Å². The van der Waals surface area contributed by atoms with Crippen LogP contribution >= 0.6 is 12.6 Å². The van der Waals surface area contributed by atoms with E-state index in [1.54, 1.807) is 6.20 Å². The Bertz CT molecular complexity index is 389. The minimum atomic E-state index is 0. The Morgan fingerprint density at radius 1 is 1.25 bits per heavy atom. The number of thiol groups is 1. The van der Waals surface area contributed by atoms with E-state index >= 15 is 0 Å². The first kappa shape index (κ1) is 10.2. The summed E-state index contributed by atoms with van der Waals surface area (Å²) in [5.74, 6) is 0. The van der Waals surface area contributed by atoms with Crippen molar-refractivity contribution in [2.45, 2.75) is 4.90 Å². The molecule has 0 unspecified atom stereocenters. The van der Waals surface area contributed by atoms with Gasteiger partial charge in [-0.25, -0.2) is 0 Å². The molecule has 3 heteroatoms. The summed E-state index contributed by atoms with van der Waals surface area (Å²) in [7, 11) is 0. The molecule has 2 rings (SSSR count). The quantitative estimate of drug-likeness (QED) is 0.558. The van der Waals surface area contributed by atoms with E-state index in [2.05, 4.69) is 23.7 Å². The van der Waals surface area contributed by atoms with E-state index < -0.39 is 0 Å². The van der Waals surface area contributed by atoms with Crippen LogP contribution in [0, 0.1) is 6.07 Å². The summed E-state index contributed by atoms with van der Waals surface area (Å²) in [5, 5.41) is 1.01. The monoisotopic (exact) mass is 249 g/mol. The zero-order valence-electron chi connectivity index (χ0n) is 6.36. The van der Waals surface area contributed by atoms with Gasteiger partial charge in [0, 0.05) is 32.7 Å². The van der Waals surface area contributed by atoms with Gasteiger partial charge in [0.25, 0.3) is 0 Å². The number of pyridine rings is 1. The number of nitrogens with zero attached hydrogens (tertiary/aromatic N) is 1. The van der Waals surface area contributed by atoms with Gasteiger partial charge in [0.05, 0.1) is 0 Å². The average molecular weight is 249 g/mol. The van der Waals surface area contributed by atoms with E-state index in [0.29, 0.717) is 0 Å². The predicted molar refractivity (Wildman–Crippen MR) is 47.8 cm³/mol. The number of aromatic nitrogens is 1. The predicted octanol–water partition coefficient (Wildman–Crippen LogP) is 2.32. The third-order valence-electron chi connectivity index (χ3n) is 1.49. The normalized spacial score (nSPS) is 9.42. The van der Waals surface area contributed by atoms with Crippen LogP contribution in [0.4, 0.5) is 0 Å². The van der Waals surface area contributed by atoms with Gasteiger partial charge in [0.2, 0.25) is 0 Å². The Kier molecular flexibility index (Phi) is 3.69. The van der Waals surface area contributed by atoms with E-state index in [-0.39, 0.29) is 32.7 Å². The van der Waals surface area contributed by atoms with Crippen molar-refractivity contribution in [1.82, 2.24) is 4.98 Å². The fourth-order valence-corrected chi connectivity index (χ4v) is 1.17. The molecule has 2 aromatic rings. The van der Waals surface area contributed by atoms with Gasteiger partial charge in [0.1, 0.15) is 0 Å². The Labute approximate surface area is 102 Å². The number of para-hydroxylation sites is 1. The van der Waals surface area contributed by atoms with Crippen LogP contribution < -0.4 is 0 Å². The molecule has 0 N–H and O–H groups in total. The second kappa shape index (κ2) is 4.36. The zero-order valence-corrected chi connectivity index (χ0v) is 10.1. The smallest absolute Gasteiger partial charge is 0 e. The van der Waals surface area contributed by atoms with Crippen molar-refractivity contribution in [3.8, 4) is 0 Å². The van der Waals surface area contributed by atoms with E-state index in [1.165, 1.54) is 0 Å². The zero-order chi connectivity index (χ0) is 7.68. The van der Waals surface area contributed by atoms with Crippen molar-refractivity contribution in [3.05, 3.63) is 36.5 Å². The molecule has 1 nitrogen and oxygen atoms in total. The first-order valence-electron chi connectivity index (χ1n) is 3.32. The average Bonchev–Trinajstić information content (AvgIpc) is 2.04. The fourth-order valence-electron chi connectivity index (χ4n) is 0.993. The van der Waals surface area contributed by atoms with Gasteiger partial charge in [-0.15, -0.1) is 23.6 Å². The number of hydrogen-bond donors (Lipinski definition) is 1. The summed E-state index contributed by atoms with van der Waals surface area (Å²) in [4.78, 5) is 4.95. The summed E-state index contributed by atoms with van der Waals surface area (Å²) in [6, 6.07) is 10.9. The second-order valence-corrected chi connectivity index (χ2v) is 2.77. The van der Waals surface area contributed by atoms with Gasteiger partial charge in [-0.1, -0.05) is 17.0 Å². The molecule has 1 heterocycles. The van der Waals surface area contributed by atoms with E-state index in [1.807, 2.05) is 24.3 Å². The van der Waals surface area contributed by atoms with Gasteiger partial charge in [-0.2, -0.15) is 12.6 Å². The van der Waals surface area contributed by atoms with Gasteiger partial charge >= 0.3 is 0 Å². The molecule has 0 atom stereocenters. The molecule has 1 aromatic heterocycles. The third-order valence-corrected chi connectivity index (χ3v) is 1.72. The Morgan fingerprint density at radius 3 is 2.83 bits per heavy atom. The van der Waals surface area contributed by atoms with Crippen LogP contribution in [-0.2, 0) is 32.7 Å². The second-order valence-electron chi connectivity index (χ2n) is 2.29. The van der Waals surface area contributed by atoms with Crippen LogP contribution in [0.2, 0.25) is 0 Å². The number of benzene rings is 1. The van der Waals surface area contributed by atoms with Crippen LogP contribution in [0.3, 0.4) is 0 Å². The van der Waals surface area contributed by atoms with Crippen molar-refractivity contribution < 1.29 is 32.7 Å². The molecule has 1 radical (unpaired) electrons. The van der Waals surface area contributed by atoms with Gasteiger partial charge < -0.3 is 4.98 Å². The molecule has 0 aliphatic heterocycles. The van der Waals surface area contributed by atoms with Gasteiger partial charge in [-0.05, 0) is 11.7 Å². The third kappa shape index (κ3) is 2.06. The van der Waals surface area contributed by atoms with E-state index in [4.69, 9.17) is 0 Å². The van der Waals surface area contributed by atoms with Crippen molar-refractivity contribution in [2.75, 3.05) is 0 Å². The molecule has 0 amide bonds. The fraction of sp³-hybridized carbons (Fsp3) is 0. The Morgan fingerprint density at radius 2 is 2.00 bits per heavy atom. The van der Waals surface area contributed by atoms with Crippen LogP contribution in [0.5, 0.6) is 0 Å². The van der Waals surface area contributed by atoms with Crippen LogP contribution in [0.1, 0.15) is 0 Å². The standard InChI is InChI=1S/C9H6NS.Y/c11-8-5-7-3-1-2-4-9(7)10-6-8;/h1-4,6,11H;/q-1;.